The molecule has 0 aromatic carbocycles. The van der Waals surface area contributed by atoms with Gasteiger partial charge in [-0.15, -0.1) is 0 Å². The Morgan fingerprint density at radius 1 is 0.472 bits per heavy atom. The summed E-state index contributed by atoms with van der Waals surface area (Å²) in [5, 5.41) is 0. The highest BCUT2D eigenvalue weighted by Gasteiger charge is 2.39. The predicted octanol–water partition coefficient (Wildman–Crippen LogP) is -0.543. The molecule has 5 aliphatic rings. The predicted molar refractivity (Wildman–Crippen MR) is 128 cm³/mol. The third-order valence-electron chi connectivity index (χ3n) is 8.23. The maximum Gasteiger partial charge on any atom is 0.323 e. The number of carbonyl (C=O) groups excluding carboxylic acids is 3. The van der Waals surface area contributed by atoms with Crippen LogP contribution in [0.5, 0.6) is 0 Å². The first-order chi connectivity index (χ1) is 17.5. The largest absolute Gasteiger partial charge is 0.497 e. The van der Waals surface area contributed by atoms with Crippen LogP contribution in [0.3, 0.4) is 0 Å². The molecule has 5 saturated heterocycles. The molecule has 0 aromatic heterocycles. The van der Waals surface area contributed by atoms with Gasteiger partial charge < -0.3 is 18.9 Å². The van der Waals surface area contributed by atoms with Gasteiger partial charge in [0.05, 0.1) is 32.5 Å². The number of rotatable bonds is 4. The number of carbonyl (C=O) groups is 3. The summed E-state index contributed by atoms with van der Waals surface area (Å²) in [4.78, 5) is 46.4. The van der Waals surface area contributed by atoms with Gasteiger partial charge in [-0.25, -0.2) is 0 Å². The van der Waals surface area contributed by atoms with E-state index in [1.165, 1.54) is 0 Å². The minimum atomic E-state index is -0.293. The van der Waals surface area contributed by atoms with Crippen molar-refractivity contribution in [2.75, 3.05) is 78.8 Å². The molecule has 5 heterocycles. The molecule has 5 fully saturated rings. The van der Waals surface area contributed by atoms with E-state index in [0.29, 0.717) is 85.0 Å². The van der Waals surface area contributed by atoms with Gasteiger partial charge in [0, 0.05) is 78.0 Å². The summed E-state index contributed by atoms with van der Waals surface area (Å²) in [6, 6.07) is -0.703. The molecule has 36 heavy (non-hydrogen) atoms. The van der Waals surface area contributed by atoms with Gasteiger partial charge >= 0.3 is 17.9 Å². The van der Waals surface area contributed by atoms with E-state index >= 15 is 0 Å². The van der Waals surface area contributed by atoms with Crippen LogP contribution in [-0.2, 0) is 33.3 Å². The maximum absolute atomic E-state index is 12.5. The second-order valence-electron chi connectivity index (χ2n) is 10.2. The van der Waals surface area contributed by atoms with Crippen LogP contribution in [0.25, 0.3) is 0 Å². The SMILES string of the molecule is C=C1OCCC1N1CCN(C2CCOC2=O)CCN(C2CCOC2=O)CCN(C2CCOC2=O)CC1. The molecule has 0 amide bonds. The number of esters is 3. The molecule has 5 rings (SSSR count). The van der Waals surface area contributed by atoms with Crippen molar-refractivity contribution in [2.24, 2.45) is 0 Å². The smallest absolute Gasteiger partial charge is 0.323 e. The molecule has 4 unspecified atom stereocenters. The quantitative estimate of drug-likeness (QED) is 0.363. The molecular formula is C25H38N4O7. The van der Waals surface area contributed by atoms with E-state index in [9.17, 15) is 14.4 Å². The van der Waals surface area contributed by atoms with Crippen LogP contribution < -0.4 is 0 Å². The Bertz CT molecular complexity index is 702. The lowest BCUT2D eigenvalue weighted by molar-refractivity contribution is -0.145. The van der Waals surface area contributed by atoms with Gasteiger partial charge in [-0.2, -0.15) is 0 Å². The Kier molecular flexibility index (Phi) is 8.09. The molecule has 0 aromatic rings. The lowest BCUT2D eigenvalue weighted by Crippen LogP contribution is -2.54. The fraction of sp³-hybridized carbons (Fsp3) is 0.800. The summed E-state index contributed by atoms with van der Waals surface area (Å²) >= 11 is 0. The van der Waals surface area contributed by atoms with Crippen molar-refractivity contribution in [1.29, 1.82) is 0 Å². The normalized spacial score (nSPS) is 34.7. The van der Waals surface area contributed by atoms with Gasteiger partial charge in [0.1, 0.15) is 23.9 Å². The first-order valence-corrected chi connectivity index (χ1v) is 13.3. The zero-order valence-corrected chi connectivity index (χ0v) is 21.0. The van der Waals surface area contributed by atoms with Crippen LogP contribution in [0.15, 0.2) is 12.3 Å². The molecule has 0 aliphatic carbocycles. The second kappa shape index (κ2) is 11.5. The lowest BCUT2D eigenvalue weighted by atomic mass is 10.1. The molecule has 0 spiro atoms. The molecule has 11 heteroatoms. The first kappa shape index (κ1) is 25.4. The Morgan fingerprint density at radius 3 is 1.00 bits per heavy atom. The van der Waals surface area contributed by atoms with Crippen molar-refractivity contribution in [3.8, 4) is 0 Å². The van der Waals surface area contributed by atoms with Crippen molar-refractivity contribution in [3.63, 3.8) is 0 Å². The van der Waals surface area contributed by atoms with Gasteiger partial charge in [-0.05, 0) is 0 Å². The summed E-state index contributed by atoms with van der Waals surface area (Å²) in [5.41, 5.74) is 0. The summed E-state index contributed by atoms with van der Waals surface area (Å²) in [6.45, 7) is 11.5. The monoisotopic (exact) mass is 506 g/mol. The van der Waals surface area contributed by atoms with Crippen LogP contribution in [-0.4, -0.2) is 140 Å². The Labute approximate surface area is 212 Å². The summed E-state index contributed by atoms with van der Waals surface area (Å²) in [5.74, 6) is 0.262. The second-order valence-corrected chi connectivity index (χ2v) is 10.2. The highest BCUT2D eigenvalue weighted by Crippen LogP contribution is 2.24. The van der Waals surface area contributed by atoms with Gasteiger partial charge in [0.25, 0.3) is 0 Å². The number of nitrogens with zero attached hydrogens (tertiary/aromatic N) is 4. The molecule has 0 radical (unpaired) electrons. The standard InChI is InChI=1S/C25H38N4O7/c1-18-19(2-14-33-18)26-6-8-27(20-3-15-34-23(20)30)10-12-29(22-5-17-36-25(22)32)13-11-28(9-7-26)21-4-16-35-24(21)31/h19-22H,1-17H2. The molecule has 0 saturated carbocycles. The van der Waals surface area contributed by atoms with E-state index in [0.717, 1.165) is 25.3 Å². The van der Waals surface area contributed by atoms with Crippen LogP contribution >= 0.6 is 0 Å². The Morgan fingerprint density at radius 2 is 0.750 bits per heavy atom. The van der Waals surface area contributed by atoms with Crippen LogP contribution in [0, 0.1) is 0 Å². The fourth-order valence-corrected chi connectivity index (χ4v) is 6.12. The minimum absolute atomic E-state index is 0.118. The summed E-state index contributed by atoms with van der Waals surface area (Å²) in [7, 11) is 0. The molecule has 0 bridgehead atoms. The highest BCUT2D eigenvalue weighted by atomic mass is 16.5. The lowest BCUT2D eigenvalue weighted by Gasteiger charge is -2.38. The maximum atomic E-state index is 12.5. The van der Waals surface area contributed by atoms with Crippen LogP contribution in [0.1, 0.15) is 25.7 Å². The van der Waals surface area contributed by atoms with Gasteiger partial charge in [-0.1, -0.05) is 6.58 Å². The van der Waals surface area contributed by atoms with Crippen molar-refractivity contribution in [1.82, 2.24) is 19.6 Å². The third-order valence-corrected chi connectivity index (χ3v) is 8.23. The van der Waals surface area contributed by atoms with Crippen molar-refractivity contribution < 1.29 is 33.3 Å². The molecule has 5 aliphatic heterocycles. The molecule has 0 N–H and O–H groups in total. The third kappa shape index (κ3) is 5.53. The van der Waals surface area contributed by atoms with Crippen molar-refractivity contribution >= 4 is 17.9 Å². The minimum Gasteiger partial charge on any atom is -0.497 e. The highest BCUT2D eigenvalue weighted by molar-refractivity contribution is 5.78. The van der Waals surface area contributed by atoms with Gasteiger partial charge in [-0.3, -0.25) is 34.0 Å². The van der Waals surface area contributed by atoms with Gasteiger partial charge in [0.15, 0.2) is 0 Å². The molecular weight excluding hydrogens is 468 g/mol. The first-order valence-electron chi connectivity index (χ1n) is 13.3. The average molecular weight is 507 g/mol. The van der Waals surface area contributed by atoms with Gasteiger partial charge in [0.2, 0.25) is 0 Å². The van der Waals surface area contributed by atoms with E-state index in [-0.39, 0.29) is 42.1 Å². The fourth-order valence-electron chi connectivity index (χ4n) is 6.12. The zero-order valence-electron chi connectivity index (χ0n) is 21.0. The molecule has 200 valence electrons. The van der Waals surface area contributed by atoms with E-state index < -0.39 is 0 Å². The topological polar surface area (TPSA) is 101 Å². The van der Waals surface area contributed by atoms with E-state index in [1.54, 1.807) is 0 Å². The van der Waals surface area contributed by atoms with Crippen molar-refractivity contribution in [3.05, 3.63) is 12.3 Å². The van der Waals surface area contributed by atoms with E-state index in [2.05, 4.69) is 26.2 Å². The van der Waals surface area contributed by atoms with E-state index in [4.69, 9.17) is 18.9 Å². The Balaban J connectivity index is 1.37. The van der Waals surface area contributed by atoms with Crippen LogP contribution in [0.4, 0.5) is 0 Å². The summed E-state index contributed by atoms with van der Waals surface area (Å²) in [6.07, 6.45) is 2.91. The van der Waals surface area contributed by atoms with E-state index in [1.807, 2.05) is 0 Å². The number of hydrogen-bond acceptors (Lipinski definition) is 11. The van der Waals surface area contributed by atoms with Crippen LogP contribution in [0.2, 0.25) is 0 Å². The van der Waals surface area contributed by atoms with Crippen molar-refractivity contribution in [2.45, 2.75) is 49.9 Å². The zero-order chi connectivity index (χ0) is 25.1. The molecule has 11 nitrogen and oxygen atoms in total. The number of hydrogen-bond donors (Lipinski definition) is 0. The number of ether oxygens (including phenoxy) is 4. The summed E-state index contributed by atoms with van der Waals surface area (Å²) < 4.78 is 21.6. The number of cyclic esters (lactones) is 3. The molecule has 4 atom stereocenters. The Hall–Kier alpha value is -2.21. The average Bonchev–Trinajstić information content (AvgIpc) is 3.65.